The first kappa shape index (κ1) is 14.0. The Kier molecular flexibility index (Phi) is 4.93. The van der Waals surface area contributed by atoms with Gasteiger partial charge in [-0.15, -0.1) is 0 Å². The Bertz CT molecular complexity index is 417. The smallest absolute Gasteiger partial charge is 0.251 e. The van der Waals surface area contributed by atoms with Crippen molar-refractivity contribution >= 4 is 5.91 Å². The van der Waals surface area contributed by atoms with Gasteiger partial charge in [-0.1, -0.05) is 25.0 Å². The first-order valence-corrected chi connectivity index (χ1v) is 6.93. The van der Waals surface area contributed by atoms with Crippen molar-refractivity contribution in [3.8, 4) is 0 Å². The van der Waals surface area contributed by atoms with Gasteiger partial charge in [0, 0.05) is 25.2 Å². The van der Waals surface area contributed by atoms with E-state index in [9.17, 15) is 9.90 Å². The van der Waals surface area contributed by atoms with E-state index in [1.165, 1.54) is 6.42 Å². The molecule has 1 fully saturated rings. The SMILES string of the molecule is CNC(=O)c1ccc(CN[C@H]2CCCC[C@@H]2O)cc1. The van der Waals surface area contributed by atoms with Gasteiger partial charge < -0.3 is 15.7 Å². The van der Waals surface area contributed by atoms with Crippen molar-refractivity contribution in [2.75, 3.05) is 7.05 Å². The number of carbonyl (C=O) groups is 1. The van der Waals surface area contributed by atoms with E-state index in [0.29, 0.717) is 5.56 Å². The molecule has 0 radical (unpaired) electrons. The lowest BCUT2D eigenvalue weighted by molar-refractivity contribution is 0.0902. The highest BCUT2D eigenvalue weighted by Gasteiger charge is 2.21. The predicted octanol–water partition coefficient (Wildman–Crippen LogP) is 1.44. The minimum Gasteiger partial charge on any atom is -0.392 e. The summed E-state index contributed by atoms with van der Waals surface area (Å²) in [7, 11) is 1.63. The molecule has 19 heavy (non-hydrogen) atoms. The number of hydrogen-bond donors (Lipinski definition) is 3. The lowest BCUT2D eigenvalue weighted by atomic mass is 9.92. The molecule has 1 aromatic rings. The van der Waals surface area contributed by atoms with Crippen molar-refractivity contribution in [2.24, 2.45) is 0 Å². The number of benzene rings is 1. The molecule has 0 spiro atoms. The van der Waals surface area contributed by atoms with Crippen molar-refractivity contribution < 1.29 is 9.90 Å². The van der Waals surface area contributed by atoms with Crippen LogP contribution in [-0.2, 0) is 6.54 Å². The van der Waals surface area contributed by atoms with E-state index in [0.717, 1.165) is 31.4 Å². The van der Waals surface area contributed by atoms with E-state index < -0.39 is 0 Å². The van der Waals surface area contributed by atoms with Gasteiger partial charge in [-0.25, -0.2) is 0 Å². The van der Waals surface area contributed by atoms with Gasteiger partial charge in [0.05, 0.1) is 6.10 Å². The second kappa shape index (κ2) is 6.68. The van der Waals surface area contributed by atoms with Crippen molar-refractivity contribution in [1.29, 1.82) is 0 Å². The lowest BCUT2D eigenvalue weighted by Gasteiger charge is -2.28. The average Bonchev–Trinajstić information content (AvgIpc) is 2.46. The summed E-state index contributed by atoms with van der Waals surface area (Å²) in [6, 6.07) is 7.76. The van der Waals surface area contributed by atoms with Crippen LogP contribution in [0.4, 0.5) is 0 Å². The van der Waals surface area contributed by atoms with Crippen molar-refractivity contribution in [1.82, 2.24) is 10.6 Å². The molecule has 0 aliphatic heterocycles. The third-order valence-electron chi connectivity index (χ3n) is 3.74. The molecule has 4 heteroatoms. The van der Waals surface area contributed by atoms with Crippen LogP contribution in [0.5, 0.6) is 0 Å². The number of amides is 1. The van der Waals surface area contributed by atoms with Gasteiger partial charge in [-0.3, -0.25) is 4.79 Å². The fourth-order valence-corrected chi connectivity index (χ4v) is 2.52. The normalized spacial score (nSPS) is 23.1. The molecular weight excluding hydrogens is 240 g/mol. The second-order valence-electron chi connectivity index (χ2n) is 5.12. The highest BCUT2D eigenvalue weighted by atomic mass is 16.3. The first-order valence-electron chi connectivity index (χ1n) is 6.93. The standard InChI is InChI=1S/C15H22N2O2/c1-16-15(19)12-8-6-11(7-9-12)10-17-13-4-2-3-5-14(13)18/h6-9,13-14,17-18H,2-5,10H2,1H3,(H,16,19)/t13-,14-/m0/s1. The highest BCUT2D eigenvalue weighted by Crippen LogP contribution is 2.18. The largest absolute Gasteiger partial charge is 0.392 e. The maximum atomic E-state index is 11.4. The Morgan fingerprint density at radius 3 is 2.58 bits per heavy atom. The van der Waals surface area contributed by atoms with Gasteiger partial charge >= 0.3 is 0 Å². The molecule has 0 unspecified atom stereocenters. The Balaban J connectivity index is 1.87. The second-order valence-corrected chi connectivity index (χ2v) is 5.12. The fourth-order valence-electron chi connectivity index (χ4n) is 2.52. The number of aliphatic hydroxyl groups excluding tert-OH is 1. The molecule has 2 rings (SSSR count). The summed E-state index contributed by atoms with van der Waals surface area (Å²) in [5, 5.41) is 15.9. The maximum absolute atomic E-state index is 11.4. The zero-order valence-corrected chi connectivity index (χ0v) is 11.4. The summed E-state index contributed by atoms with van der Waals surface area (Å²) >= 11 is 0. The number of nitrogens with one attached hydrogen (secondary N) is 2. The molecule has 1 amide bonds. The van der Waals surface area contributed by atoms with Gasteiger partial charge in [0.1, 0.15) is 0 Å². The molecule has 1 aliphatic rings. The summed E-state index contributed by atoms with van der Waals surface area (Å²) in [6.45, 7) is 0.732. The van der Waals surface area contributed by atoms with Crippen LogP contribution in [0.25, 0.3) is 0 Å². The van der Waals surface area contributed by atoms with Crippen LogP contribution < -0.4 is 10.6 Å². The average molecular weight is 262 g/mol. The quantitative estimate of drug-likeness (QED) is 0.769. The van der Waals surface area contributed by atoms with Gasteiger partial charge in [-0.2, -0.15) is 0 Å². The molecule has 2 atom stereocenters. The molecule has 1 aromatic carbocycles. The van der Waals surface area contributed by atoms with Crippen LogP contribution in [0, 0.1) is 0 Å². The molecule has 3 N–H and O–H groups in total. The van der Waals surface area contributed by atoms with E-state index in [1.807, 2.05) is 24.3 Å². The summed E-state index contributed by atoms with van der Waals surface area (Å²) in [4.78, 5) is 11.4. The minimum atomic E-state index is -0.223. The van der Waals surface area contributed by atoms with Gasteiger partial charge in [0.2, 0.25) is 0 Å². The molecule has 0 saturated heterocycles. The van der Waals surface area contributed by atoms with Crippen LogP contribution in [0.1, 0.15) is 41.6 Å². The molecular formula is C15H22N2O2. The monoisotopic (exact) mass is 262 g/mol. The molecule has 104 valence electrons. The van der Waals surface area contributed by atoms with E-state index >= 15 is 0 Å². The van der Waals surface area contributed by atoms with E-state index in [2.05, 4.69) is 10.6 Å². The van der Waals surface area contributed by atoms with E-state index in [1.54, 1.807) is 7.05 Å². The number of rotatable bonds is 4. The minimum absolute atomic E-state index is 0.0674. The number of carbonyl (C=O) groups excluding carboxylic acids is 1. The highest BCUT2D eigenvalue weighted by molar-refractivity contribution is 5.93. The summed E-state index contributed by atoms with van der Waals surface area (Å²) in [5.41, 5.74) is 1.80. The molecule has 4 nitrogen and oxygen atoms in total. The predicted molar refractivity (Wildman–Crippen MR) is 74.9 cm³/mol. The number of aliphatic hydroxyl groups is 1. The fraction of sp³-hybridized carbons (Fsp3) is 0.533. The van der Waals surface area contributed by atoms with Crippen LogP contribution in [0.2, 0.25) is 0 Å². The number of hydrogen-bond acceptors (Lipinski definition) is 3. The molecule has 1 aliphatic carbocycles. The van der Waals surface area contributed by atoms with E-state index in [-0.39, 0.29) is 18.1 Å². The van der Waals surface area contributed by atoms with Crippen LogP contribution >= 0.6 is 0 Å². The van der Waals surface area contributed by atoms with E-state index in [4.69, 9.17) is 0 Å². The molecule has 0 aromatic heterocycles. The molecule has 0 heterocycles. The molecule has 1 saturated carbocycles. The van der Waals surface area contributed by atoms with Gasteiger partial charge in [0.25, 0.3) is 5.91 Å². The lowest BCUT2D eigenvalue weighted by Crippen LogP contribution is -2.41. The summed E-state index contributed by atoms with van der Waals surface area (Å²) in [5.74, 6) is -0.0674. The Morgan fingerprint density at radius 2 is 1.95 bits per heavy atom. The summed E-state index contributed by atoms with van der Waals surface area (Å²) < 4.78 is 0. The van der Waals surface area contributed by atoms with Crippen LogP contribution in [0.15, 0.2) is 24.3 Å². The topological polar surface area (TPSA) is 61.4 Å². The van der Waals surface area contributed by atoms with Crippen LogP contribution in [-0.4, -0.2) is 30.2 Å². The summed E-state index contributed by atoms with van der Waals surface area (Å²) in [6.07, 6.45) is 4.02. The third-order valence-corrected chi connectivity index (χ3v) is 3.74. The van der Waals surface area contributed by atoms with Crippen molar-refractivity contribution in [3.63, 3.8) is 0 Å². The Hall–Kier alpha value is -1.39. The van der Waals surface area contributed by atoms with Gasteiger partial charge in [0.15, 0.2) is 0 Å². The Labute approximate surface area is 114 Å². The van der Waals surface area contributed by atoms with Gasteiger partial charge in [-0.05, 0) is 30.5 Å². The van der Waals surface area contributed by atoms with Crippen molar-refractivity contribution in [3.05, 3.63) is 35.4 Å². The zero-order chi connectivity index (χ0) is 13.7. The molecule has 0 bridgehead atoms. The van der Waals surface area contributed by atoms with Crippen LogP contribution in [0.3, 0.4) is 0 Å². The maximum Gasteiger partial charge on any atom is 0.251 e. The Morgan fingerprint density at radius 1 is 1.26 bits per heavy atom. The zero-order valence-electron chi connectivity index (χ0n) is 11.4. The third kappa shape index (κ3) is 3.78. The first-order chi connectivity index (χ1) is 9.20. The van der Waals surface area contributed by atoms with Crippen molar-refractivity contribution in [2.45, 2.75) is 44.4 Å².